The van der Waals surface area contributed by atoms with Crippen LogP contribution < -0.4 is 4.90 Å². The largest absolute Gasteiger partial charge is 0.454 e. The van der Waals surface area contributed by atoms with Crippen molar-refractivity contribution >= 4 is 51.8 Å². The third-order valence-corrected chi connectivity index (χ3v) is 9.02. The molecule has 0 unspecified atom stereocenters. The van der Waals surface area contributed by atoms with Gasteiger partial charge in [0.1, 0.15) is 0 Å². The summed E-state index contributed by atoms with van der Waals surface area (Å²) in [5.41, 5.74) is 2.88. The molecule has 3 aliphatic rings. The first kappa shape index (κ1) is 25.6. The number of nitrogens with zero attached hydrogens (tertiary/aromatic N) is 2. The standard InChI is InChI=1S/C33H25ClN2O5/c34-22-12-10-18(11-13-22)28(37)17-41-33(40)25-16-27(35-26-7-2-1-6-24(25)26)19-4-3-5-23(15-19)36-31(38)29-20-8-9-21(14-20)30(29)32(36)39/h1-7,10-13,15-16,20-21,29-30H,8-9,14,17H2/t20-,21-,29+,30+/m0/s1. The zero-order valence-corrected chi connectivity index (χ0v) is 22.7. The molecule has 2 amide bonds. The average molecular weight is 565 g/mol. The van der Waals surface area contributed by atoms with Crippen LogP contribution in [-0.2, 0) is 14.3 Å². The third kappa shape index (κ3) is 4.32. The smallest absolute Gasteiger partial charge is 0.339 e. The van der Waals surface area contributed by atoms with E-state index in [1.54, 1.807) is 66.7 Å². The minimum absolute atomic E-state index is 0.106. The van der Waals surface area contributed by atoms with Crippen LogP contribution in [0.25, 0.3) is 22.2 Å². The lowest BCUT2D eigenvalue weighted by molar-refractivity contribution is -0.123. The van der Waals surface area contributed by atoms with Gasteiger partial charge in [0.15, 0.2) is 12.4 Å². The summed E-state index contributed by atoms with van der Waals surface area (Å²) in [5, 5.41) is 1.09. The summed E-state index contributed by atoms with van der Waals surface area (Å²) in [6.45, 7) is -0.425. The van der Waals surface area contributed by atoms with Crippen molar-refractivity contribution in [1.29, 1.82) is 0 Å². The normalized spacial score (nSPS) is 22.8. The Kier molecular flexibility index (Phi) is 6.20. The minimum atomic E-state index is -0.656. The Bertz CT molecular complexity index is 1720. The number of esters is 1. The number of ether oxygens (including phenoxy) is 1. The number of Topliss-reactive ketones (excluding diaryl/α,β-unsaturated/α-hetero) is 1. The molecule has 4 aromatic rings. The molecular formula is C33H25ClN2O5. The summed E-state index contributed by atoms with van der Waals surface area (Å²) in [6, 6.07) is 22.3. The Balaban J connectivity index is 1.19. The van der Waals surface area contributed by atoms with Crippen molar-refractivity contribution in [2.24, 2.45) is 23.7 Å². The van der Waals surface area contributed by atoms with E-state index in [4.69, 9.17) is 21.3 Å². The molecule has 2 heterocycles. The highest BCUT2D eigenvalue weighted by Gasteiger charge is 2.61. The summed E-state index contributed by atoms with van der Waals surface area (Å²) < 4.78 is 5.43. The van der Waals surface area contributed by atoms with Gasteiger partial charge < -0.3 is 4.74 Å². The van der Waals surface area contributed by atoms with Gasteiger partial charge in [0, 0.05) is 21.5 Å². The monoisotopic (exact) mass is 564 g/mol. The van der Waals surface area contributed by atoms with Crippen molar-refractivity contribution < 1.29 is 23.9 Å². The molecule has 2 aliphatic carbocycles. The molecule has 204 valence electrons. The van der Waals surface area contributed by atoms with Crippen molar-refractivity contribution in [2.45, 2.75) is 19.3 Å². The van der Waals surface area contributed by atoms with Crippen LogP contribution in [0, 0.1) is 23.7 Å². The lowest BCUT2D eigenvalue weighted by Gasteiger charge is -2.19. The Morgan fingerprint density at radius 3 is 2.32 bits per heavy atom. The van der Waals surface area contributed by atoms with Gasteiger partial charge in [-0.1, -0.05) is 41.9 Å². The third-order valence-electron chi connectivity index (χ3n) is 8.76. The number of fused-ring (bicyclic) bond motifs is 6. The highest BCUT2D eigenvalue weighted by molar-refractivity contribution is 6.30. The first-order valence-electron chi connectivity index (χ1n) is 13.7. The lowest BCUT2D eigenvalue weighted by atomic mass is 9.81. The zero-order valence-electron chi connectivity index (χ0n) is 22.0. The van der Waals surface area contributed by atoms with Crippen LogP contribution in [0.15, 0.2) is 78.9 Å². The number of imide groups is 1. The van der Waals surface area contributed by atoms with E-state index in [9.17, 15) is 19.2 Å². The molecule has 3 aromatic carbocycles. The molecule has 41 heavy (non-hydrogen) atoms. The van der Waals surface area contributed by atoms with Gasteiger partial charge in [0.05, 0.1) is 34.3 Å². The molecule has 0 spiro atoms. The van der Waals surface area contributed by atoms with Crippen LogP contribution in [0.1, 0.15) is 40.0 Å². The number of pyridine rings is 1. The van der Waals surface area contributed by atoms with Crippen LogP contribution in [0.2, 0.25) is 5.02 Å². The zero-order chi connectivity index (χ0) is 28.2. The Morgan fingerprint density at radius 1 is 0.878 bits per heavy atom. The van der Waals surface area contributed by atoms with Gasteiger partial charge in [-0.2, -0.15) is 0 Å². The molecule has 1 aromatic heterocycles. The number of rotatable bonds is 6. The van der Waals surface area contributed by atoms with Crippen molar-refractivity contribution in [3.05, 3.63) is 95.0 Å². The maximum absolute atomic E-state index is 13.4. The van der Waals surface area contributed by atoms with E-state index in [0.717, 1.165) is 19.3 Å². The topological polar surface area (TPSA) is 93.6 Å². The van der Waals surface area contributed by atoms with Crippen LogP contribution >= 0.6 is 11.6 Å². The average Bonchev–Trinajstić information content (AvgIpc) is 3.69. The maximum Gasteiger partial charge on any atom is 0.339 e. The van der Waals surface area contributed by atoms with E-state index in [1.807, 2.05) is 12.1 Å². The first-order valence-corrected chi connectivity index (χ1v) is 14.1. The molecular weight excluding hydrogens is 540 g/mol. The number of benzene rings is 3. The number of hydrogen-bond acceptors (Lipinski definition) is 6. The second-order valence-electron chi connectivity index (χ2n) is 11.0. The summed E-state index contributed by atoms with van der Waals surface area (Å²) in [6.07, 6.45) is 3.01. The fraction of sp³-hybridized carbons (Fsp3) is 0.242. The molecule has 7 rings (SSSR count). The minimum Gasteiger partial charge on any atom is -0.454 e. The molecule has 2 bridgehead atoms. The number of para-hydroxylation sites is 1. The van der Waals surface area contributed by atoms with Crippen LogP contribution in [0.4, 0.5) is 5.69 Å². The number of carbonyl (C=O) groups is 4. The summed E-state index contributed by atoms with van der Waals surface area (Å²) >= 11 is 5.90. The highest BCUT2D eigenvalue weighted by Crippen LogP contribution is 2.56. The molecule has 4 atom stereocenters. The van der Waals surface area contributed by atoms with Gasteiger partial charge in [-0.05, 0) is 79.6 Å². The van der Waals surface area contributed by atoms with E-state index in [2.05, 4.69) is 0 Å². The second-order valence-corrected chi connectivity index (χ2v) is 11.5. The number of anilines is 1. The van der Waals surface area contributed by atoms with Gasteiger partial charge in [0.25, 0.3) is 0 Å². The number of carbonyl (C=O) groups excluding carboxylic acids is 4. The van der Waals surface area contributed by atoms with E-state index >= 15 is 0 Å². The molecule has 2 saturated carbocycles. The van der Waals surface area contributed by atoms with E-state index in [1.165, 1.54) is 4.90 Å². The summed E-state index contributed by atoms with van der Waals surface area (Å²) in [5.74, 6) is -1.03. The maximum atomic E-state index is 13.4. The van der Waals surface area contributed by atoms with Gasteiger partial charge in [-0.3, -0.25) is 19.3 Å². The van der Waals surface area contributed by atoms with Crippen LogP contribution in [0.5, 0.6) is 0 Å². The Labute approximate surface area is 241 Å². The molecule has 8 heteroatoms. The number of ketones is 1. The van der Waals surface area contributed by atoms with Crippen LogP contribution in [0.3, 0.4) is 0 Å². The van der Waals surface area contributed by atoms with E-state index in [0.29, 0.717) is 50.3 Å². The molecule has 0 radical (unpaired) electrons. The Hall–Kier alpha value is -4.36. The van der Waals surface area contributed by atoms with E-state index < -0.39 is 12.6 Å². The van der Waals surface area contributed by atoms with Gasteiger partial charge >= 0.3 is 5.97 Å². The quantitative estimate of drug-likeness (QED) is 0.159. The first-order chi connectivity index (χ1) is 19.9. The number of hydrogen-bond donors (Lipinski definition) is 0. The van der Waals surface area contributed by atoms with Gasteiger partial charge in [-0.15, -0.1) is 0 Å². The molecule has 0 N–H and O–H groups in total. The van der Waals surface area contributed by atoms with Crippen molar-refractivity contribution in [1.82, 2.24) is 4.98 Å². The Morgan fingerprint density at radius 2 is 1.59 bits per heavy atom. The van der Waals surface area contributed by atoms with Gasteiger partial charge in [-0.25, -0.2) is 9.78 Å². The summed E-state index contributed by atoms with van der Waals surface area (Å²) in [4.78, 5) is 58.7. The predicted octanol–water partition coefficient (Wildman–Crippen LogP) is 6.13. The fourth-order valence-electron chi connectivity index (χ4n) is 6.89. The van der Waals surface area contributed by atoms with Crippen molar-refractivity contribution in [3.63, 3.8) is 0 Å². The summed E-state index contributed by atoms with van der Waals surface area (Å²) in [7, 11) is 0. The predicted molar refractivity (Wildman–Crippen MR) is 154 cm³/mol. The van der Waals surface area contributed by atoms with Crippen LogP contribution in [-0.4, -0.2) is 35.2 Å². The van der Waals surface area contributed by atoms with E-state index in [-0.39, 0.29) is 35.0 Å². The highest BCUT2D eigenvalue weighted by atomic mass is 35.5. The molecule has 3 fully saturated rings. The van der Waals surface area contributed by atoms with Crippen molar-refractivity contribution in [3.8, 4) is 11.3 Å². The number of halogens is 1. The lowest BCUT2D eigenvalue weighted by Crippen LogP contribution is -2.32. The molecule has 1 saturated heterocycles. The number of aromatic nitrogens is 1. The molecule has 1 aliphatic heterocycles. The second kappa shape index (κ2) is 9.93. The van der Waals surface area contributed by atoms with Gasteiger partial charge in [0.2, 0.25) is 11.8 Å². The fourth-order valence-corrected chi connectivity index (χ4v) is 7.01. The van der Waals surface area contributed by atoms with Crippen molar-refractivity contribution in [2.75, 3.05) is 11.5 Å². The SMILES string of the molecule is O=C(COC(=O)c1cc(-c2cccc(N3C(=O)[C@@H]4[C@H]5CC[C@@H](C5)[C@H]4C3=O)c2)nc2ccccc12)c1ccc(Cl)cc1. The molecule has 7 nitrogen and oxygen atoms in total. The number of amides is 2.